The van der Waals surface area contributed by atoms with Crippen molar-refractivity contribution in [3.63, 3.8) is 0 Å². The first-order valence-corrected chi connectivity index (χ1v) is 18.2. The molecule has 0 heterocycles. The first kappa shape index (κ1) is 38.9. The summed E-state index contributed by atoms with van der Waals surface area (Å²) in [6.07, 6.45) is 9.90. The van der Waals surface area contributed by atoms with Crippen molar-refractivity contribution in [2.24, 2.45) is 23.7 Å². The SMILES string of the molecule is CC1CCC1CCCCOC(=O)c1c(Cl)c(Cl)cc(Cl)c1OC(=O)C(=O)Oc1c(Cl)cc(Cl)c(Cl)c1C(=O)OCCCCC1CCC1C. The van der Waals surface area contributed by atoms with Crippen molar-refractivity contribution in [3.05, 3.63) is 53.4 Å². The number of hydrogen-bond donors (Lipinski definition) is 0. The highest BCUT2D eigenvalue weighted by Crippen LogP contribution is 2.42. The van der Waals surface area contributed by atoms with Crippen LogP contribution in [0.25, 0.3) is 0 Å². The van der Waals surface area contributed by atoms with Gasteiger partial charge in [0.05, 0.1) is 43.3 Å². The molecule has 2 saturated carbocycles. The van der Waals surface area contributed by atoms with Gasteiger partial charge in [-0.1, -0.05) is 109 Å². The third-order valence-electron chi connectivity index (χ3n) is 9.22. The van der Waals surface area contributed by atoms with E-state index < -0.39 is 46.5 Å². The molecule has 2 fully saturated rings. The van der Waals surface area contributed by atoms with Crippen molar-refractivity contribution in [2.45, 2.75) is 78.1 Å². The lowest BCUT2D eigenvalue weighted by molar-refractivity contribution is -0.156. The topological polar surface area (TPSA) is 105 Å². The van der Waals surface area contributed by atoms with E-state index in [4.69, 9.17) is 88.6 Å². The Bertz CT molecular complexity index is 1430. The van der Waals surface area contributed by atoms with E-state index in [-0.39, 0.29) is 43.3 Å². The third kappa shape index (κ3) is 9.64. The summed E-state index contributed by atoms with van der Waals surface area (Å²) >= 11 is 37.4. The molecule has 0 saturated heterocycles. The van der Waals surface area contributed by atoms with Crippen LogP contribution in [0.4, 0.5) is 0 Å². The van der Waals surface area contributed by atoms with Crippen molar-refractivity contribution < 1.29 is 38.1 Å². The maximum Gasteiger partial charge on any atom is 0.423 e. The second-order valence-corrected chi connectivity index (χ2v) is 14.8. The van der Waals surface area contributed by atoms with Crippen LogP contribution in [0.15, 0.2) is 12.1 Å². The average Bonchev–Trinajstić information content (AvgIpc) is 3.03. The minimum atomic E-state index is -1.63. The van der Waals surface area contributed by atoms with E-state index in [9.17, 15) is 19.2 Å². The lowest BCUT2D eigenvalue weighted by atomic mass is 9.72. The van der Waals surface area contributed by atoms with Crippen molar-refractivity contribution in [1.82, 2.24) is 0 Å². The predicted molar refractivity (Wildman–Crippen MR) is 186 cm³/mol. The molecular formula is C34H36Cl6O8. The Hall–Kier alpha value is -1.94. The zero-order valence-corrected chi connectivity index (χ0v) is 31.0. The molecule has 4 unspecified atom stereocenters. The molecule has 0 amide bonds. The van der Waals surface area contributed by atoms with E-state index in [1.54, 1.807) is 0 Å². The monoisotopic (exact) mass is 782 g/mol. The molecule has 2 aromatic rings. The van der Waals surface area contributed by atoms with Crippen LogP contribution in [0.3, 0.4) is 0 Å². The highest BCUT2D eigenvalue weighted by molar-refractivity contribution is 6.47. The molecule has 2 aliphatic carbocycles. The molecule has 2 aromatic carbocycles. The van der Waals surface area contributed by atoms with Crippen LogP contribution in [0.5, 0.6) is 11.5 Å². The van der Waals surface area contributed by atoms with Gasteiger partial charge in [0, 0.05) is 0 Å². The van der Waals surface area contributed by atoms with Crippen molar-refractivity contribution in [1.29, 1.82) is 0 Å². The fraction of sp³-hybridized carbons (Fsp3) is 0.529. The molecule has 0 N–H and O–H groups in total. The van der Waals surface area contributed by atoms with Crippen LogP contribution in [-0.2, 0) is 19.1 Å². The number of rotatable bonds is 14. The fourth-order valence-corrected chi connectivity index (χ4v) is 7.25. The molecule has 48 heavy (non-hydrogen) atoms. The minimum Gasteiger partial charge on any atom is -0.462 e. The number of halogens is 6. The molecule has 0 aromatic heterocycles. The molecule has 0 bridgehead atoms. The summed E-state index contributed by atoms with van der Waals surface area (Å²) in [6, 6.07) is 2.26. The lowest BCUT2D eigenvalue weighted by Crippen LogP contribution is -2.27. The molecule has 4 rings (SSSR count). The summed E-state index contributed by atoms with van der Waals surface area (Å²) in [6.45, 7) is 4.60. The predicted octanol–water partition coefficient (Wildman–Crippen LogP) is 10.9. The van der Waals surface area contributed by atoms with Crippen LogP contribution < -0.4 is 9.47 Å². The molecule has 0 radical (unpaired) electrons. The number of carbonyl (C=O) groups is 4. The van der Waals surface area contributed by atoms with Gasteiger partial charge in [-0.25, -0.2) is 19.2 Å². The van der Waals surface area contributed by atoms with Gasteiger partial charge in [-0.3, -0.25) is 0 Å². The molecule has 8 nitrogen and oxygen atoms in total. The van der Waals surface area contributed by atoms with Crippen LogP contribution in [0.2, 0.25) is 30.1 Å². The highest BCUT2D eigenvalue weighted by atomic mass is 35.5. The molecule has 4 atom stereocenters. The summed E-state index contributed by atoms with van der Waals surface area (Å²) in [5.74, 6) is -3.55. The van der Waals surface area contributed by atoms with Gasteiger partial charge in [0.1, 0.15) is 11.1 Å². The highest BCUT2D eigenvalue weighted by Gasteiger charge is 2.32. The van der Waals surface area contributed by atoms with E-state index >= 15 is 0 Å². The second-order valence-electron chi connectivity index (χ2n) is 12.4. The Kier molecular flexibility index (Phi) is 14.4. The average molecular weight is 785 g/mol. The Morgan fingerprint density at radius 2 is 0.958 bits per heavy atom. The van der Waals surface area contributed by atoms with Gasteiger partial charge in [-0.05, 0) is 74.3 Å². The van der Waals surface area contributed by atoms with Crippen molar-refractivity contribution in [3.8, 4) is 11.5 Å². The number of esters is 4. The van der Waals surface area contributed by atoms with Gasteiger partial charge < -0.3 is 18.9 Å². The van der Waals surface area contributed by atoms with Gasteiger partial charge in [0.2, 0.25) is 0 Å². The van der Waals surface area contributed by atoms with Gasteiger partial charge in [0.15, 0.2) is 11.5 Å². The van der Waals surface area contributed by atoms with Crippen LogP contribution in [0.1, 0.15) is 98.8 Å². The van der Waals surface area contributed by atoms with Crippen LogP contribution in [-0.4, -0.2) is 37.1 Å². The molecular weight excluding hydrogens is 749 g/mol. The number of carbonyl (C=O) groups excluding carboxylic acids is 4. The molecule has 2 aliphatic rings. The van der Waals surface area contributed by atoms with Gasteiger partial charge in [-0.2, -0.15) is 0 Å². The standard InChI is InChI=1S/C34H36Cl6O8/c1-17-9-11-19(17)7-3-5-13-45-31(41)25-27(39)21(35)15-23(37)29(25)47-33(43)34(44)48-30-24(38)16-22(36)28(40)26(30)32(42)46-14-6-4-8-20-12-10-18(20)2/h15-20H,3-14H2,1-2H3. The molecule has 0 spiro atoms. The maximum atomic E-state index is 13.0. The van der Waals surface area contributed by atoms with Crippen molar-refractivity contribution in [2.75, 3.05) is 13.2 Å². The van der Waals surface area contributed by atoms with Gasteiger partial charge in [-0.15, -0.1) is 0 Å². The summed E-state index contributed by atoms with van der Waals surface area (Å²) in [7, 11) is 0. The number of ether oxygens (including phenoxy) is 4. The van der Waals surface area contributed by atoms with Gasteiger partial charge >= 0.3 is 23.9 Å². The number of benzene rings is 2. The summed E-state index contributed by atoms with van der Waals surface area (Å²) in [4.78, 5) is 52.0. The molecule has 14 heteroatoms. The summed E-state index contributed by atoms with van der Waals surface area (Å²) < 4.78 is 21.1. The van der Waals surface area contributed by atoms with E-state index in [0.717, 1.165) is 37.8 Å². The first-order chi connectivity index (χ1) is 22.8. The summed E-state index contributed by atoms with van der Waals surface area (Å²) in [5.41, 5.74) is -0.905. The Labute approximate surface area is 309 Å². The van der Waals surface area contributed by atoms with E-state index in [1.807, 2.05) is 0 Å². The maximum absolute atomic E-state index is 13.0. The Balaban J connectivity index is 1.41. The molecule has 0 aliphatic heterocycles. The Morgan fingerprint density at radius 3 is 1.27 bits per heavy atom. The normalized spacial score (nSPS) is 19.9. The zero-order chi connectivity index (χ0) is 35.1. The summed E-state index contributed by atoms with van der Waals surface area (Å²) in [5, 5.41) is -1.44. The third-order valence-corrected chi connectivity index (χ3v) is 11.4. The number of unbranched alkanes of at least 4 members (excludes halogenated alkanes) is 2. The van der Waals surface area contributed by atoms with E-state index in [0.29, 0.717) is 36.5 Å². The van der Waals surface area contributed by atoms with E-state index in [2.05, 4.69) is 13.8 Å². The quantitative estimate of drug-likeness (QED) is 0.0613. The molecule has 262 valence electrons. The largest absolute Gasteiger partial charge is 0.462 e. The number of hydrogen-bond acceptors (Lipinski definition) is 8. The van der Waals surface area contributed by atoms with Crippen molar-refractivity contribution >= 4 is 93.5 Å². The fourth-order valence-electron chi connectivity index (χ4n) is 5.81. The lowest BCUT2D eigenvalue weighted by Gasteiger charge is -2.33. The van der Waals surface area contributed by atoms with Gasteiger partial charge in [0.25, 0.3) is 0 Å². The minimum absolute atomic E-state index is 0.0737. The van der Waals surface area contributed by atoms with Crippen LogP contribution >= 0.6 is 69.6 Å². The second kappa shape index (κ2) is 17.8. The Morgan fingerprint density at radius 1 is 0.583 bits per heavy atom. The van der Waals surface area contributed by atoms with Crippen LogP contribution in [0, 0.1) is 23.7 Å². The van der Waals surface area contributed by atoms with E-state index in [1.165, 1.54) is 25.7 Å². The zero-order valence-electron chi connectivity index (χ0n) is 26.5. The first-order valence-electron chi connectivity index (χ1n) is 15.9. The smallest absolute Gasteiger partial charge is 0.423 e.